The fourth-order valence-corrected chi connectivity index (χ4v) is 6.01. The summed E-state index contributed by atoms with van der Waals surface area (Å²) in [7, 11) is 0. The zero-order valence-corrected chi connectivity index (χ0v) is 22.9. The van der Waals surface area contributed by atoms with Gasteiger partial charge in [0.25, 0.3) is 0 Å². The summed E-state index contributed by atoms with van der Waals surface area (Å²) in [6.07, 6.45) is 5.58. The number of carboxylic acids is 1. The van der Waals surface area contributed by atoms with E-state index in [9.17, 15) is 14.0 Å². The standard InChI is InChI=1S/C26H25BrFN5O4S/c1-2-37-26(36)21-22(14-3-6-19-15(11-14)13-33(32-19)9-7-20(34)35)30-24(25-29-8-10-38-25)31-23(21)17-5-4-16(28)12-18(17)27/h4-5,8,10,12-14,23H,2-3,6-7,9,11H2,1H3,(H,30,31)(H,34,35). The Balaban J connectivity index is 1.58. The van der Waals surface area contributed by atoms with Crippen molar-refractivity contribution >= 4 is 45.0 Å². The minimum atomic E-state index is -0.876. The molecule has 2 aromatic heterocycles. The minimum Gasteiger partial charge on any atom is -0.481 e. The van der Waals surface area contributed by atoms with E-state index in [0.717, 1.165) is 17.7 Å². The molecule has 1 aromatic carbocycles. The van der Waals surface area contributed by atoms with Crippen LogP contribution >= 0.6 is 27.3 Å². The highest BCUT2D eigenvalue weighted by Gasteiger charge is 2.38. The maximum atomic E-state index is 14.0. The van der Waals surface area contributed by atoms with E-state index in [-0.39, 0.29) is 18.9 Å². The number of aromatic nitrogens is 3. The zero-order chi connectivity index (χ0) is 26.8. The number of halogens is 2. The molecule has 3 aromatic rings. The number of aryl methyl sites for hydroxylation is 2. The van der Waals surface area contributed by atoms with Gasteiger partial charge in [0.05, 0.1) is 30.8 Å². The van der Waals surface area contributed by atoms with Crippen molar-refractivity contribution in [2.24, 2.45) is 10.9 Å². The molecule has 3 heterocycles. The van der Waals surface area contributed by atoms with Crippen molar-refractivity contribution < 1.29 is 23.8 Å². The van der Waals surface area contributed by atoms with Crippen LogP contribution in [0, 0.1) is 11.7 Å². The number of benzene rings is 1. The second-order valence-electron chi connectivity index (χ2n) is 9.00. The van der Waals surface area contributed by atoms with Gasteiger partial charge in [0.2, 0.25) is 0 Å². The summed E-state index contributed by atoms with van der Waals surface area (Å²) in [6.45, 7) is 2.24. The van der Waals surface area contributed by atoms with E-state index >= 15 is 0 Å². The van der Waals surface area contributed by atoms with E-state index in [4.69, 9.17) is 14.8 Å². The predicted octanol–water partition coefficient (Wildman–Crippen LogP) is 4.43. The Hall–Kier alpha value is -3.38. The number of carbonyl (C=O) groups is 2. The third-order valence-electron chi connectivity index (χ3n) is 6.55. The molecule has 0 amide bonds. The van der Waals surface area contributed by atoms with Gasteiger partial charge >= 0.3 is 11.9 Å². The average molecular weight is 602 g/mol. The number of nitrogens with one attached hydrogen (secondary N) is 1. The molecule has 0 saturated heterocycles. The van der Waals surface area contributed by atoms with E-state index in [1.807, 2.05) is 11.6 Å². The smallest absolute Gasteiger partial charge is 0.338 e. The van der Waals surface area contributed by atoms with Crippen LogP contribution in [0.3, 0.4) is 0 Å². The molecule has 2 N–H and O–H groups in total. The molecular formula is C26H25BrFN5O4S. The van der Waals surface area contributed by atoms with Gasteiger partial charge in [0.1, 0.15) is 11.9 Å². The molecule has 0 bridgehead atoms. The molecule has 12 heteroatoms. The fraction of sp³-hybridized carbons (Fsp3) is 0.346. The highest BCUT2D eigenvalue weighted by atomic mass is 79.9. The normalized spacial score (nSPS) is 19.0. The summed E-state index contributed by atoms with van der Waals surface area (Å²) in [4.78, 5) is 33.7. The van der Waals surface area contributed by atoms with Crippen molar-refractivity contribution in [3.8, 4) is 0 Å². The van der Waals surface area contributed by atoms with E-state index < -0.39 is 23.8 Å². The SMILES string of the molecule is CCOC(=O)C1=C(C2CCc3nn(CCC(=O)O)cc3C2)NC(c2nccs2)=NC1c1ccc(F)cc1Br. The Morgan fingerprint density at radius 2 is 2.21 bits per heavy atom. The first kappa shape index (κ1) is 26.2. The van der Waals surface area contributed by atoms with Gasteiger partial charge in [0, 0.05) is 33.9 Å². The lowest BCUT2D eigenvalue weighted by Crippen LogP contribution is -2.38. The van der Waals surface area contributed by atoms with Crippen LogP contribution in [0.5, 0.6) is 0 Å². The number of hydrogen-bond acceptors (Lipinski definition) is 8. The number of rotatable bonds is 8. The molecule has 5 rings (SSSR count). The van der Waals surface area contributed by atoms with Gasteiger partial charge in [-0.2, -0.15) is 5.10 Å². The van der Waals surface area contributed by atoms with Crippen LogP contribution in [0.4, 0.5) is 4.39 Å². The molecule has 1 aliphatic carbocycles. The number of ether oxygens (including phenoxy) is 1. The van der Waals surface area contributed by atoms with Crippen LogP contribution in [0.25, 0.3) is 0 Å². The molecule has 2 atom stereocenters. The molecule has 38 heavy (non-hydrogen) atoms. The van der Waals surface area contributed by atoms with E-state index in [1.165, 1.54) is 23.5 Å². The van der Waals surface area contributed by atoms with Crippen LogP contribution in [0.2, 0.25) is 0 Å². The Bertz CT molecular complexity index is 1440. The number of nitrogens with zero attached hydrogens (tertiary/aromatic N) is 4. The highest BCUT2D eigenvalue weighted by Crippen LogP contribution is 2.40. The first-order chi connectivity index (χ1) is 18.3. The molecular weight excluding hydrogens is 577 g/mol. The zero-order valence-electron chi connectivity index (χ0n) is 20.5. The van der Waals surface area contributed by atoms with Crippen molar-refractivity contribution in [3.63, 3.8) is 0 Å². The van der Waals surface area contributed by atoms with Crippen LogP contribution in [0.15, 0.2) is 56.7 Å². The van der Waals surface area contributed by atoms with Crippen molar-refractivity contribution in [3.05, 3.63) is 79.4 Å². The Morgan fingerprint density at radius 1 is 1.37 bits per heavy atom. The van der Waals surface area contributed by atoms with Gasteiger partial charge in [-0.15, -0.1) is 11.3 Å². The predicted molar refractivity (Wildman–Crippen MR) is 142 cm³/mol. The number of esters is 1. The number of thiazole rings is 1. The maximum Gasteiger partial charge on any atom is 0.338 e. The van der Waals surface area contributed by atoms with Gasteiger partial charge in [-0.1, -0.05) is 22.0 Å². The molecule has 2 unspecified atom stereocenters. The van der Waals surface area contributed by atoms with E-state index in [0.29, 0.717) is 51.5 Å². The van der Waals surface area contributed by atoms with Crippen LogP contribution in [-0.2, 0) is 33.7 Å². The lowest BCUT2D eigenvalue weighted by molar-refractivity contribution is -0.139. The van der Waals surface area contributed by atoms with E-state index in [1.54, 1.807) is 23.9 Å². The van der Waals surface area contributed by atoms with Gasteiger partial charge in [0.15, 0.2) is 10.8 Å². The third kappa shape index (κ3) is 5.41. The summed E-state index contributed by atoms with van der Waals surface area (Å²) in [5.74, 6) is -1.31. The van der Waals surface area contributed by atoms with Gasteiger partial charge in [-0.3, -0.25) is 14.5 Å². The lowest BCUT2D eigenvalue weighted by atomic mass is 9.81. The summed E-state index contributed by atoms with van der Waals surface area (Å²) < 4.78 is 21.6. The number of hydrogen-bond donors (Lipinski definition) is 2. The fourth-order valence-electron chi connectivity index (χ4n) is 4.85. The van der Waals surface area contributed by atoms with Crippen molar-refractivity contribution in [2.45, 2.75) is 45.2 Å². The van der Waals surface area contributed by atoms with Crippen molar-refractivity contribution in [2.75, 3.05) is 6.61 Å². The van der Waals surface area contributed by atoms with E-state index in [2.05, 4.69) is 31.3 Å². The van der Waals surface area contributed by atoms with Crippen LogP contribution in [-0.4, -0.2) is 44.3 Å². The first-order valence-electron chi connectivity index (χ1n) is 12.2. The largest absolute Gasteiger partial charge is 0.481 e. The summed E-state index contributed by atoms with van der Waals surface area (Å²) in [5.41, 5.74) is 3.68. The maximum absolute atomic E-state index is 14.0. The first-order valence-corrected chi connectivity index (χ1v) is 13.9. The monoisotopic (exact) mass is 601 g/mol. The Labute approximate surface area is 230 Å². The molecule has 198 valence electrons. The summed E-state index contributed by atoms with van der Waals surface area (Å²) >= 11 is 4.89. The number of carboxylic acid groups (broad SMARTS) is 1. The molecule has 9 nitrogen and oxygen atoms in total. The Kier molecular flexibility index (Phi) is 7.70. The molecule has 0 saturated carbocycles. The number of allylic oxidation sites excluding steroid dienone is 1. The minimum absolute atomic E-state index is 0.00836. The third-order valence-corrected chi connectivity index (χ3v) is 8.01. The molecule has 0 spiro atoms. The number of amidine groups is 1. The molecule has 2 aliphatic rings. The number of fused-ring (bicyclic) bond motifs is 1. The van der Waals surface area contributed by atoms with Crippen molar-refractivity contribution in [1.82, 2.24) is 20.1 Å². The quantitative estimate of drug-likeness (QED) is 0.367. The van der Waals surface area contributed by atoms with Gasteiger partial charge < -0.3 is 15.2 Å². The van der Waals surface area contributed by atoms with Crippen LogP contribution in [0.1, 0.15) is 47.6 Å². The second kappa shape index (κ2) is 11.2. The topological polar surface area (TPSA) is 119 Å². The molecule has 0 radical (unpaired) electrons. The number of carbonyl (C=O) groups excluding carboxylic acids is 1. The Morgan fingerprint density at radius 3 is 2.92 bits per heavy atom. The van der Waals surface area contributed by atoms with Crippen molar-refractivity contribution in [1.29, 1.82) is 0 Å². The highest BCUT2D eigenvalue weighted by molar-refractivity contribution is 9.10. The number of aliphatic imine (C=N–C) groups is 1. The molecule has 0 fully saturated rings. The summed E-state index contributed by atoms with van der Waals surface area (Å²) in [5, 5.41) is 19.5. The van der Waals surface area contributed by atoms with Gasteiger partial charge in [-0.05, 0) is 49.4 Å². The lowest BCUT2D eigenvalue weighted by Gasteiger charge is -2.33. The van der Waals surface area contributed by atoms with Crippen LogP contribution < -0.4 is 5.32 Å². The molecule has 1 aliphatic heterocycles. The van der Waals surface area contributed by atoms with Gasteiger partial charge in [-0.25, -0.2) is 14.2 Å². The second-order valence-corrected chi connectivity index (χ2v) is 10.8. The number of aliphatic carboxylic acids is 1. The summed E-state index contributed by atoms with van der Waals surface area (Å²) in [6, 6.07) is 3.60. The average Bonchev–Trinajstić information content (AvgIpc) is 3.56.